The fourth-order valence-corrected chi connectivity index (χ4v) is 3.06. The van der Waals surface area contributed by atoms with E-state index in [0.717, 1.165) is 13.1 Å². The van der Waals surface area contributed by atoms with Gasteiger partial charge in [0.15, 0.2) is 0 Å². The molecule has 0 bridgehead atoms. The smallest absolute Gasteiger partial charge is 0.253 e. The second-order valence-corrected chi connectivity index (χ2v) is 7.69. The van der Waals surface area contributed by atoms with E-state index in [2.05, 4.69) is 20.6 Å². The molecule has 32 heavy (non-hydrogen) atoms. The molecule has 0 aliphatic heterocycles. The highest BCUT2D eigenvalue weighted by Gasteiger charge is 2.16. The van der Waals surface area contributed by atoms with Crippen LogP contribution in [0.3, 0.4) is 0 Å². The van der Waals surface area contributed by atoms with Gasteiger partial charge in [-0.3, -0.25) is 9.59 Å². The van der Waals surface area contributed by atoms with Crippen molar-refractivity contribution in [2.45, 2.75) is 0 Å². The van der Waals surface area contributed by atoms with Crippen molar-refractivity contribution >= 4 is 58.7 Å². The summed E-state index contributed by atoms with van der Waals surface area (Å²) in [5.74, 6) is -0.373. The minimum atomic E-state index is -0.186. The van der Waals surface area contributed by atoms with Crippen molar-refractivity contribution in [3.63, 3.8) is 0 Å². The lowest BCUT2D eigenvalue weighted by molar-refractivity contribution is 0.0944. The molecule has 0 aliphatic rings. The number of nitrogens with zero attached hydrogens (tertiary/aromatic N) is 4. The van der Waals surface area contributed by atoms with Crippen LogP contribution < -0.4 is 10.6 Å². The minimum absolute atomic E-state index is 0. The number of nitrogens with one attached hydrogen (secondary N) is 2. The molecule has 0 radical (unpaired) electrons. The van der Waals surface area contributed by atoms with Crippen LogP contribution >= 0.6 is 24.8 Å². The van der Waals surface area contributed by atoms with Crippen LogP contribution in [-0.4, -0.2) is 86.0 Å². The number of aromatic nitrogens is 2. The van der Waals surface area contributed by atoms with Crippen LogP contribution in [0.25, 0.3) is 22.1 Å². The van der Waals surface area contributed by atoms with Crippen LogP contribution in [0, 0.1) is 0 Å². The molecule has 3 aromatic rings. The Morgan fingerprint density at radius 1 is 0.719 bits per heavy atom. The molecule has 0 unspecified atom stereocenters. The van der Waals surface area contributed by atoms with E-state index in [1.807, 2.05) is 38.0 Å². The van der Waals surface area contributed by atoms with Crippen LogP contribution in [-0.2, 0) is 0 Å². The number of hydrogen-bond acceptors (Lipinski definition) is 6. The number of benzene rings is 2. The van der Waals surface area contributed by atoms with Crippen molar-refractivity contribution in [1.29, 1.82) is 0 Å². The largest absolute Gasteiger partial charge is 0.351 e. The second-order valence-electron chi connectivity index (χ2n) is 7.69. The Bertz CT molecular complexity index is 989. The van der Waals surface area contributed by atoms with Gasteiger partial charge >= 0.3 is 0 Å². The summed E-state index contributed by atoms with van der Waals surface area (Å²) in [7, 11) is 7.82. The third kappa shape index (κ3) is 6.74. The summed E-state index contributed by atoms with van der Waals surface area (Å²) in [6.45, 7) is 2.58. The average molecular weight is 481 g/mol. The first-order chi connectivity index (χ1) is 14.4. The van der Waals surface area contributed by atoms with Crippen molar-refractivity contribution < 1.29 is 9.59 Å². The summed E-state index contributed by atoms with van der Waals surface area (Å²) in [5.41, 5.74) is 3.16. The third-order valence-electron chi connectivity index (χ3n) is 4.67. The molecule has 8 nitrogen and oxygen atoms in total. The molecule has 0 spiro atoms. The molecule has 0 aliphatic carbocycles. The number of rotatable bonds is 8. The standard InChI is InChI=1S/C22H28N6O2.2ClH/c1-27(2)13-11-23-21(29)15-7-5-9-17-19(15)25-18-10-6-8-16(20(18)26-17)22(30)24-12-14-28(3)4;;/h5-10H,11-14H2,1-4H3,(H,23,29)(H,24,30);2*1H. The highest BCUT2D eigenvalue weighted by atomic mass is 35.5. The molecule has 174 valence electrons. The molecular formula is C22H30Cl2N6O2. The predicted octanol–water partition coefficient (Wildman–Crippen LogP) is 2.21. The van der Waals surface area contributed by atoms with Gasteiger partial charge in [0.2, 0.25) is 0 Å². The first-order valence-electron chi connectivity index (χ1n) is 9.92. The topological polar surface area (TPSA) is 90.5 Å². The zero-order valence-corrected chi connectivity index (χ0v) is 20.3. The van der Waals surface area contributed by atoms with E-state index in [9.17, 15) is 9.59 Å². The summed E-state index contributed by atoms with van der Waals surface area (Å²) in [6, 6.07) is 10.7. The first-order valence-corrected chi connectivity index (χ1v) is 9.92. The van der Waals surface area contributed by atoms with Crippen molar-refractivity contribution in [3.05, 3.63) is 47.5 Å². The maximum absolute atomic E-state index is 12.7. The van der Waals surface area contributed by atoms with Gasteiger partial charge < -0.3 is 20.4 Å². The number of likely N-dealkylation sites (N-methyl/N-ethyl adjacent to an activating group) is 2. The number of hydrogen-bond donors (Lipinski definition) is 2. The van der Waals surface area contributed by atoms with Crippen molar-refractivity contribution in [2.75, 3.05) is 54.4 Å². The third-order valence-corrected chi connectivity index (χ3v) is 4.67. The number of fused-ring (bicyclic) bond motifs is 2. The van der Waals surface area contributed by atoms with Gasteiger partial charge in [-0.25, -0.2) is 9.97 Å². The van der Waals surface area contributed by atoms with Crippen molar-refractivity contribution in [3.8, 4) is 0 Å². The summed E-state index contributed by atoms with van der Waals surface area (Å²) >= 11 is 0. The minimum Gasteiger partial charge on any atom is -0.351 e. The van der Waals surface area contributed by atoms with Gasteiger partial charge in [-0.05, 0) is 52.5 Å². The van der Waals surface area contributed by atoms with Crippen LogP contribution in [0.5, 0.6) is 0 Å². The fraction of sp³-hybridized carbons (Fsp3) is 0.364. The van der Waals surface area contributed by atoms with E-state index in [4.69, 9.17) is 0 Å². The molecule has 3 rings (SSSR count). The van der Waals surface area contributed by atoms with Crippen LogP contribution in [0.15, 0.2) is 36.4 Å². The van der Waals surface area contributed by atoms with Gasteiger partial charge in [-0.15, -0.1) is 24.8 Å². The Morgan fingerprint density at radius 2 is 1.09 bits per heavy atom. The van der Waals surface area contributed by atoms with E-state index in [-0.39, 0.29) is 36.6 Å². The first kappa shape index (κ1) is 27.5. The van der Waals surface area contributed by atoms with E-state index < -0.39 is 0 Å². The molecule has 0 atom stereocenters. The van der Waals surface area contributed by atoms with Gasteiger partial charge in [0.1, 0.15) is 11.0 Å². The fourth-order valence-electron chi connectivity index (χ4n) is 3.06. The molecular weight excluding hydrogens is 451 g/mol. The van der Waals surface area contributed by atoms with E-state index in [1.165, 1.54) is 0 Å². The molecule has 2 amide bonds. The lowest BCUT2D eigenvalue weighted by Crippen LogP contribution is -2.31. The summed E-state index contributed by atoms with van der Waals surface area (Å²) in [4.78, 5) is 38.7. The Hall–Kier alpha value is -2.52. The molecule has 0 saturated carbocycles. The normalized spacial score (nSPS) is 10.7. The lowest BCUT2D eigenvalue weighted by atomic mass is 10.1. The maximum atomic E-state index is 12.7. The molecule has 2 aromatic carbocycles. The Labute approximate surface area is 200 Å². The van der Waals surface area contributed by atoms with Crippen LogP contribution in [0.4, 0.5) is 0 Å². The number of carbonyl (C=O) groups excluding carboxylic acids is 2. The Kier molecular flexibility index (Phi) is 10.7. The van der Waals surface area contributed by atoms with Crippen LogP contribution in [0.1, 0.15) is 20.7 Å². The lowest BCUT2D eigenvalue weighted by Gasteiger charge is -2.13. The zero-order valence-electron chi connectivity index (χ0n) is 18.7. The predicted molar refractivity (Wildman–Crippen MR) is 133 cm³/mol. The number of amides is 2. The average Bonchev–Trinajstić information content (AvgIpc) is 2.70. The maximum Gasteiger partial charge on any atom is 0.253 e. The highest BCUT2D eigenvalue weighted by molar-refractivity contribution is 6.09. The second kappa shape index (κ2) is 12.5. The number of halogens is 2. The molecule has 1 aromatic heterocycles. The van der Waals surface area contributed by atoms with Crippen molar-refractivity contribution in [2.24, 2.45) is 0 Å². The SMILES string of the molecule is CN(C)CCNC(=O)c1cccc2nc3c(C(=O)NCCN(C)C)cccc3nc12.Cl.Cl. The van der Waals surface area contributed by atoms with Gasteiger partial charge in [0.05, 0.1) is 22.2 Å². The number of carbonyl (C=O) groups is 2. The van der Waals surface area contributed by atoms with Crippen LogP contribution in [0.2, 0.25) is 0 Å². The molecule has 1 heterocycles. The molecule has 10 heteroatoms. The summed E-state index contributed by atoms with van der Waals surface area (Å²) < 4.78 is 0. The number of para-hydroxylation sites is 2. The van der Waals surface area contributed by atoms with Gasteiger partial charge in [-0.1, -0.05) is 12.1 Å². The molecule has 2 N–H and O–H groups in total. The zero-order chi connectivity index (χ0) is 21.7. The van der Waals surface area contributed by atoms with E-state index >= 15 is 0 Å². The van der Waals surface area contributed by atoms with E-state index in [1.54, 1.807) is 36.4 Å². The van der Waals surface area contributed by atoms with Crippen molar-refractivity contribution in [1.82, 2.24) is 30.4 Å². The van der Waals surface area contributed by atoms with Gasteiger partial charge in [0, 0.05) is 26.2 Å². The summed E-state index contributed by atoms with van der Waals surface area (Å²) in [5, 5.41) is 5.83. The monoisotopic (exact) mass is 480 g/mol. The molecule has 0 fully saturated rings. The van der Waals surface area contributed by atoms with E-state index in [0.29, 0.717) is 46.3 Å². The van der Waals surface area contributed by atoms with Gasteiger partial charge in [-0.2, -0.15) is 0 Å². The van der Waals surface area contributed by atoms with Gasteiger partial charge in [0.25, 0.3) is 11.8 Å². The quantitative estimate of drug-likeness (QED) is 0.480. The highest BCUT2D eigenvalue weighted by Crippen LogP contribution is 2.22. The molecule has 0 saturated heterocycles. The Morgan fingerprint density at radius 3 is 1.44 bits per heavy atom. The summed E-state index contributed by atoms with van der Waals surface area (Å²) in [6.07, 6.45) is 0. The Balaban J connectivity index is 0.00000256.